The Hall–Kier alpha value is -0.950. The molecule has 0 radical (unpaired) electrons. The number of hydrogen-bond donors (Lipinski definition) is 2. The topological polar surface area (TPSA) is 67.6 Å². The molecule has 1 aromatic carbocycles. The Balaban J connectivity index is 1.86. The fourth-order valence-electron chi connectivity index (χ4n) is 2.02. The molecule has 1 aliphatic heterocycles. The average Bonchev–Trinajstić information content (AvgIpc) is 2.41. The van der Waals surface area contributed by atoms with Crippen molar-refractivity contribution in [1.82, 2.24) is 4.90 Å². The molecule has 6 heteroatoms. The van der Waals surface area contributed by atoms with Gasteiger partial charge in [0.25, 0.3) is 0 Å². The first-order chi connectivity index (χ1) is 9.19. The highest BCUT2D eigenvalue weighted by atomic mass is 79.9. The van der Waals surface area contributed by atoms with Gasteiger partial charge in [-0.15, -0.1) is 0 Å². The van der Waals surface area contributed by atoms with Crippen LogP contribution in [0.25, 0.3) is 0 Å². The Morgan fingerprint density at radius 2 is 2.32 bits per heavy atom. The smallest absolute Gasteiger partial charge is 0.238 e. The molecule has 1 atom stereocenters. The number of amides is 1. The third-order valence-electron chi connectivity index (χ3n) is 3.00. The van der Waals surface area contributed by atoms with Gasteiger partial charge in [-0.25, -0.2) is 0 Å². The Bertz CT molecular complexity index is 442. The molecule has 1 unspecified atom stereocenters. The van der Waals surface area contributed by atoms with Gasteiger partial charge in [0.1, 0.15) is 0 Å². The minimum absolute atomic E-state index is 0.0235. The lowest BCUT2D eigenvalue weighted by molar-refractivity contribution is -0.119. The summed E-state index contributed by atoms with van der Waals surface area (Å²) in [6.07, 6.45) is 0.0324. The summed E-state index contributed by atoms with van der Waals surface area (Å²) in [6.45, 7) is 2.95. The highest BCUT2D eigenvalue weighted by Crippen LogP contribution is 2.21. The highest BCUT2D eigenvalue weighted by Gasteiger charge is 2.21. The second-order valence-corrected chi connectivity index (χ2v) is 5.35. The number of carbonyl (C=O) groups excluding carboxylic acids is 1. The van der Waals surface area contributed by atoms with Crippen molar-refractivity contribution in [1.29, 1.82) is 0 Å². The molecular weight excluding hydrogens is 310 g/mol. The fraction of sp³-hybridized carbons (Fsp3) is 0.462. The summed E-state index contributed by atoms with van der Waals surface area (Å²) >= 11 is 3.41. The van der Waals surface area contributed by atoms with Crippen LogP contribution in [-0.4, -0.2) is 49.7 Å². The monoisotopic (exact) mass is 327 g/mol. The van der Waals surface area contributed by atoms with Crippen molar-refractivity contribution in [2.24, 2.45) is 5.73 Å². The second-order valence-electron chi connectivity index (χ2n) is 4.49. The van der Waals surface area contributed by atoms with Crippen LogP contribution in [0.3, 0.4) is 0 Å². The molecule has 0 bridgehead atoms. The zero-order valence-electron chi connectivity index (χ0n) is 10.6. The van der Waals surface area contributed by atoms with E-state index in [-0.39, 0.29) is 12.0 Å². The van der Waals surface area contributed by atoms with E-state index in [4.69, 9.17) is 10.5 Å². The van der Waals surface area contributed by atoms with Crippen molar-refractivity contribution < 1.29 is 9.53 Å². The molecule has 1 fully saturated rings. The lowest BCUT2D eigenvalue weighted by Crippen LogP contribution is -2.48. The Morgan fingerprint density at radius 3 is 3.05 bits per heavy atom. The normalized spacial score (nSPS) is 20.2. The second kappa shape index (κ2) is 7.00. The van der Waals surface area contributed by atoms with Gasteiger partial charge in [-0.2, -0.15) is 0 Å². The van der Waals surface area contributed by atoms with Crippen LogP contribution in [0.4, 0.5) is 5.69 Å². The van der Waals surface area contributed by atoms with E-state index in [9.17, 15) is 4.79 Å². The number of anilines is 1. The van der Waals surface area contributed by atoms with Gasteiger partial charge in [-0.3, -0.25) is 9.69 Å². The van der Waals surface area contributed by atoms with Crippen LogP contribution < -0.4 is 11.1 Å². The predicted molar refractivity (Wildman–Crippen MR) is 78.0 cm³/mol. The van der Waals surface area contributed by atoms with E-state index in [2.05, 4.69) is 26.1 Å². The van der Waals surface area contributed by atoms with Gasteiger partial charge < -0.3 is 15.8 Å². The molecule has 19 heavy (non-hydrogen) atoms. The molecule has 1 aromatic rings. The maximum absolute atomic E-state index is 12.0. The maximum atomic E-state index is 12.0. The van der Waals surface area contributed by atoms with Crippen molar-refractivity contribution in [3.05, 3.63) is 28.7 Å². The number of halogens is 1. The van der Waals surface area contributed by atoms with Crippen LogP contribution in [0.2, 0.25) is 0 Å². The van der Waals surface area contributed by atoms with Crippen LogP contribution in [0.5, 0.6) is 0 Å². The van der Waals surface area contributed by atoms with Crippen LogP contribution in [0, 0.1) is 0 Å². The summed E-state index contributed by atoms with van der Waals surface area (Å²) in [5.41, 5.74) is 6.37. The SMILES string of the molecule is NCC1CN(CC(=O)Nc2ccccc2Br)CCO1. The first kappa shape index (κ1) is 14.5. The van der Waals surface area contributed by atoms with E-state index in [0.29, 0.717) is 26.2 Å². The first-order valence-corrected chi connectivity index (χ1v) is 7.06. The summed E-state index contributed by atoms with van der Waals surface area (Å²) in [5, 5.41) is 2.89. The molecule has 1 amide bonds. The molecular formula is C13H18BrN3O2. The molecule has 3 N–H and O–H groups in total. The highest BCUT2D eigenvalue weighted by molar-refractivity contribution is 9.10. The number of ether oxygens (including phenoxy) is 1. The zero-order chi connectivity index (χ0) is 13.7. The fourth-order valence-corrected chi connectivity index (χ4v) is 2.41. The number of para-hydroxylation sites is 1. The molecule has 1 heterocycles. The van der Waals surface area contributed by atoms with Gasteiger partial charge in [0.2, 0.25) is 5.91 Å². The van der Waals surface area contributed by atoms with Crippen molar-refractivity contribution in [3.63, 3.8) is 0 Å². The minimum atomic E-state index is -0.0235. The van der Waals surface area contributed by atoms with Gasteiger partial charge in [-0.05, 0) is 28.1 Å². The molecule has 1 aliphatic rings. The van der Waals surface area contributed by atoms with E-state index in [1.165, 1.54) is 0 Å². The number of hydrogen-bond acceptors (Lipinski definition) is 4. The van der Waals surface area contributed by atoms with E-state index >= 15 is 0 Å². The van der Waals surface area contributed by atoms with E-state index in [0.717, 1.165) is 16.7 Å². The molecule has 0 spiro atoms. The summed E-state index contributed by atoms with van der Waals surface area (Å²) < 4.78 is 6.35. The quantitative estimate of drug-likeness (QED) is 0.867. The van der Waals surface area contributed by atoms with Gasteiger partial charge in [-0.1, -0.05) is 12.1 Å². The average molecular weight is 328 g/mol. The molecule has 0 aromatic heterocycles. The number of nitrogens with zero attached hydrogens (tertiary/aromatic N) is 1. The van der Waals surface area contributed by atoms with Gasteiger partial charge in [0.05, 0.1) is 24.9 Å². The largest absolute Gasteiger partial charge is 0.374 e. The standard InChI is InChI=1S/C13H18BrN3O2/c14-11-3-1-2-4-12(11)16-13(18)9-17-5-6-19-10(7-15)8-17/h1-4,10H,5-9,15H2,(H,16,18). The number of rotatable bonds is 4. The molecule has 5 nitrogen and oxygen atoms in total. The Labute approximate surface area is 121 Å². The Kier molecular flexibility index (Phi) is 5.33. The molecule has 0 saturated carbocycles. The minimum Gasteiger partial charge on any atom is -0.374 e. The van der Waals surface area contributed by atoms with Crippen LogP contribution in [0.15, 0.2) is 28.7 Å². The van der Waals surface area contributed by atoms with Crippen molar-refractivity contribution in [2.45, 2.75) is 6.10 Å². The number of carbonyl (C=O) groups is 1. The summed E-state index contributed by atoms with van der Waals surface area (Å²) in [7, 11) is 0. The summed E-state index contributed by atoms with van der Waals surface area (Å²) in [4.78, 5) is 14.0. The van der Waals surface area contributed by atoms with Crippen LogP contribution in [0.1, 0.15) is 0 Å². The molecule has 2 rings (SSSR count). The third kappa shape index (κ3) is 4.28. The lowest BCUT2D eigenvalue weighted by atomic mass is 10.2. The van der Waals surface area contributed by atoms with Gasteiger partial charge in [0, 0.05) is 24.1 Å². The third-order valence-corrected chi connectivity index (χ3v) is 3.69. The molecule has 1 saturated heterocycles. The van der Waals surface area contributed by atoms with Gasteiger partial charge in [0.15, 0.2) is 0 Å². The Morgan fingerprint density at radius 1 is 1.53 bits per heavy atom. The zero-order valence-corrected chi connectivity index (χ0v) is 12.2. The van der Waals surface area contributed by atoms with E-state index in [1.54, 1.807) is 0 Å². The number of nitrogens with one attached hydrogen (secondary N) is 1. The van der Waals surface area contributed by atoms with Crippen molar-refractivity contribution in [2.75, 3.05) is 38.1 Å². The summed E-state index contributed by atoms with van der Waals surface area (Å²) in [6, 6.07) is 7.56. The first-order valence-electron chi connectivity index (χ1n) is 6.27. The van der Waals surface area contributed by atoms with Crippen molar-refractivity contribution >= 4 is 27.5 Å². The van der Waals surface area contributed by atoms with Crippen molar-refractivity contribution in [3.8, 4) is 0 Å². The number of morpholine rings is 1. The van der Waals surface area contributed by atoms with E-state index < -0.39 is 0 Å². The lowest BCUT2D eigenvalue weighted by Gasteiger charge is -2.31. The maximum Gasteiger partial charge on any atom is 0.238 e. The number of nitrogens with two attached hydrogens (primary N) is 1. The number of benzene rings is 1. The van der Waals surface area contributed by atoms with Crippen LogP contribution in [-0.2, 0) is 9.53 Å². The van der Waals surface area contributed by atoms with Crippen LogP contribution >= 0.6 is 15.9 Å². The summed E-state index contributed by atoms with van der Waals surface area (Å²) in [5.74, 6) is -0.0235. The molecule has 104 valence electrons. The van der Waals surface area contributed by atoms with E-state index in [1.807, 2.05) is 24.3 Å². The predicted octanol–water partition coefficient (Wildman–Crippen LogP) is 1.05. The molecule has 0 aliphatic carbocycles. The van der Waals surface area contributed by atoms with Gasteiger partial charge >= 0.3 is 0 Å².